The zero-order valence-electron chi connectivity index (χ0n) is 14.4. The molecule has 0 spiro atoms. The van der Waals surface area contributed by atoms with Crippen LogP contribution in [0.2, 0.25) is 0 Å². The molecule has 0 bridgehead atoms. The maximum Gasteiger partial charge on any atom is 0.314 e. The number of hydrogen-bond acceptors (Lipinski definition) is 3. The summed E-state index contributed by atoms with van der Waals surface area (Å²) in [5, 5.41) is 5.75. The lowest BCUT2D eigenvalue weighted by Gasteiger charge is -2.09. The molecule has 0 aliphatic heterocycles. The largest absolute Gasteiger partial charge is 0.338 e. The second-order valence-corrected chi connectivity index (χ2v) is 5.91. The third-order valence-corrected chi connectivity index (χ3v) is 4.08. The number of hydrogen-bond donors (Lipinski definition) is 2. The smallest absolute Gasteiger partial charge is 0.314 e. The Hall–Kier alpha value is -2.89. The van der Waals surface area contributed by atoms with Crippen molar-refractivity contribution in [3.63, 3.8) is 0 Å². The number of fused-ring (bicyclic) bond motifs is 1. The van der Waals surface area contributed by atoms with Gasteiger partial charge in [0, 0.05) is 37.9 Å². The lowest BCUT2D eigenvalue weighted by atomic mass is 10.3. The van der Waals surface area contributed by atoms with Crippen molar-refractivity contribution >= 4 is 17.1 Å². The van der Waals surface area contributed by atoms with E-state index < -0.39 is 0 Å². The Balaban J connectivity index is 1.38. The van der Waals surface area contributed by atoms with Crippen molar-refractivity contribution in [2.24, 2.45) is 0 Å². The second-order valence-electron chi connectivity index (χ2n) is 5.91. The summed E-state index contributed by atoms with van der Waals surface area (Å²) in [7, 11) is 0. The molecular formula is C19H23N5O. The highest BCUT2D eigenvalue weighted by Crippen LogP contribution is 2.15. The number of urea groups is 1. The van der Waals surface area contributed by atoms with E-state index in [2.05, 4.69) is 31.2 Å². The van der Waals surface area contributed by atoms with Gasteiger partial charge < -0.3 is 15.2 Å². The van der Waals surface area contributed by atoms with Crippen LogP contribution >= 0.6 is 0 Å². The summed E-state index contributed by atoms with van der Waals surface area (Å²) in [4.78, 5) is 20.6. The zero-order chi connectivity index (χ0) is 17.5. The average molecular weight is 337 g/mol. The molecule has 0 aliphatic rings. The number of nitrogens with one attached hydrogen (secondary N) is 2. The van der Waals surface area contributed by atoms with E-state index in [4.69, 9.17) is 0 Å². The predicted molar refractivity (Wildman–Crippen MR) is 98.4 cm³/mol. The fourth-order valence-corrected chi connectivity index (χ4v) is 2.83. The van der Waals surface area contributed by atoms with Gasteiger partial charge in [-0.25, -0.2) is 9.78 Å². The molecule has 2 N–H and O–H groups in total. The summed E-state index contributed by atoms with van der Waals surface area (Å²) in [6.07, 6.45) is 3.35. The monoisotopic (exact) mass is 337 g/mol. The van der Waals surface area contributed by atoms with Gasteiger partial charge >= 0.3 is 6.03 Å². The normalized spacial score (nSPS) is 10.8. The van der Waals surface area contributed by atoms with E-state index in [1.165, 1.54) is 0 Å². The zero-order valence-corrected chi connectivity index (χ0v) is 14.4. The number of carbonyl (C=O) groups excluding carboxylic acids is 1. The number of pyridine rings is 1. The van der Waals surface area contributed by atoms with Crippen LogP contribution < -0.4 is 10.6 Å². The molecule has 1 aromatic carbocycles. The molecule has 0 atom stereocenters. The summed E-state index contributed by atoms with van der Waals surface area (Å²) in [5.41, 5.74) is 3.13. The summed E-state index contributed by atoms with van der Waals surface area (Å²) < 4.78 is 2.19. The fraction of sp³-hybridized carbons (Fsp3) is 0.316. The minimum absolute atomic E-state index is 0.136. The molecule has 0 saturated heterocycles. The van der Waals surface area contributed by atoms with E-state index in [0.29, 0.717) is 13.1 Å². The van der Waals surface area contributed by atoms with Crippen molar-refractivity contribution in [1.29, 1.82) is 0 Å². The first-order valence-corrected chi connectivity index (χ1v) is 8.57. The third kappa shape index (κ3) is 4.56. The van der Waals surface area contributed by atoms with Crippen LogP contribution in [0.25, 0.3) is 11.0 Å². The highest BCUT2D eigenvalue weighted by atomic mass is 16.2. The van der Waals surface area contributed by atoms with E-state index in [9.17, 15) is 4.79 Å². The van der Waals surface area contributed by atoms with Crippen LogP contribution in [0, 0.1) is 6.92 Å². The number of rotatable bonds is 7. The minimum Gasteiger partial charge on any atom is -0.338 e. The number of amides is 2. The van der Waals surface area contributed by atoms with Gasteiger partial charge in [0.25, 0.3) is 0 Å². The van der Waals surface area contributed by atoms with Gasteiger partial charge in [-0.2, -0.15) is 0 Å². The lowest BCUT2D eigenvalue weighted by Crippen LogP contribution is -2.37. The SMILES string of the molecule is Cc1nc2ccccc2n1CCCNC(=O)NCCc1ccccn1. The quantitative estimate of drug-likeness (QED) is 0.651. The van der Waals surface area contributed by atoms with E-state index in [0.717, 1.165) is 41.9 Å². The number of benzene rings is 1. The van der Waals surface area contributed by atoms with Crippen LogP contribution in [0.3, 0.4) is 0 Å². The Morgan fingerprint density at radius 2 is 1.88 bits per heavy atom. The van der Waals surface area contributed by atoms with Crippen LogP contribution in [0.5, 0.6) is 0 Å². The summed E-state index contributed by atoms with van der Waals surface area (Å²) >= 11 is 0. The van der Waals surface area contributed by atoms with Gasteiger partial charge in [-0.15, -0.1) is 0 Å². The number of imidazole rings is 1. The van der Waals surface area contributed by atoms with Crippen LogP contribution in [0.1, 0.15) is 17.9 Å². The molecule has 25 heavy (non-hydrogen) atoms. The van der Waals surface area contributed by atoms with Crippen LogP contribution in [0.4, 0.5) is 4.79 Å². The van der Waals surface area contributed by atoms with Crippen molar-refractivity contribution in [2.75, 3.05) is 13.1 Å². The minimum atomic E-state index is -0.136. The van der Waals surface area contributed by atoms with Crippen molar-refractivity contribution in [2.45, 2.75) is 26.3 Å². The first kappa shape index (κ1) is 17.0. The molecule has 6 heteroatoms. The fourth-order valence-electron chi connectivity index (χ4n) is 2.83. The van der Waals surface area contributed by atoms with Crippen molar-refractivity contribution < 1.29 is 4.79 Å². The van der Waals surface area contributed by atoms with Gasteiger partial charge in [0.1, 0.15) is 5.82 Å². The molecule has 0 aliphatic carbocycles. The molecular weight excluding hydrogens is 314 g/mol. The number of aryl methyl sites for hydroxylation is 2. The molecule has 0 radical (unpaired) electrons. The van der Waals surface area contributed by atoms with E-state index >= 15 is 0 Å². The molecule has 2 amide bonds. The Kier molecular flexibility index (Phi) is 5.61. The third-order valence-electron chi connectivity index (χ3n) is 4.08. The number of aromatic nitrogens is 3. The van der Waals surface area contributed by atoms with Gasteiger partial charge in [-0.1, -0.05) is 18.2 Å². The molecule has 0 fully saturated rings. The van der Waals surface area contributed by atoms with E-state index in [-0.39, 0.29) is 6.03 Å². The number of para-hydroxylation sites is 2. The number of carbonyl (C=O) groups is 1. The standard InChI is InChI=1S/C19H23N5O/c1-15-23-17-8-2-3-9-18(17)24(15)14-6-12-21-19(25)22-13-10-16-7-4-5-11-20-16/h2-5,7-9,11H,6,10,12-14H2,1H3,(H2,21,22,25). The van der Waals surface area contributed by atoms with Gasteiger partial charge in [0.05, 0.1) is 11.0 Å². The molecule has 6 nitrogen and oxygen atoms in total. The molecule has 2 aromatic heterocycles. The molecule has 3 rings (SSSR count). The van der Waals surface area contributed by atoms with E-state index in [1.54, 1.807) is 6.20 Å². The Morgan fingerprint density at radius 3 is 2.72 bits per heavy atom. The Morgan fingerprint density at radius 1 is 1.08 bits per heavy atom. The van der Waals surface area contributed by atoms with Crippen LogP contribution in [-0.4, -0.2) is 33.7 Å². The molecule has 130 valence electrons. The summed E-state index contributed by atoms with van der Waals surface area (Å²) in [6.45, 7) is 4.05. The highest BCUT2D eigenvalue weighted by molar-refractivity contribution is 5.76. The molecule has 3 aromatic rings. The maximum atomic E-state index is 11.8. The van der Waals surface area contributed by atoms with E-state index in [1.807, 2.05) is 43.3 Å². The van der Waals surface area contributed by atoms with Crippen molar-refractivity contribution in [1.82, 2.24) is 25.2 Å². The predicted octanol–water partition coefficient (Wildman–Crippen LogP) is 2.67. The van der Waals surface area contributed by atoms with Crippen molar-refractivity contribution in [3.05, 3.63) is 60.2 Å². The Labute approximate surface area is 147 Å². The summed E-state index contributed by atoms with van der Waals surface area (Å²) in [5.74, 6) is 1.00. The van der Waals surface area contributed by atoms with Gasteiger partial charge in [-0.3, -0.25) is 4.98 Å². The molecule has 0 saturated carbocycles. The van der Waals surface area contributed by atoms with Gasteiger partial charge in [0.15, 0.2) is 0 Å². The van der Waals surface area contributed by atoms with Crippen LogP contribution in [0.15, 0.2) is 48.7 Å². The first-order chi connectivity index (χ1) is 12.2. The topological polar surface area (TPSA) is 71.8 Å². The molecule has 0 unspecified atom stereocenters. The maximum absolute atomic E-state index is 11.8. The molecule has 2 heterocycles. The first-order valence-electron chi connectivity index (χ1n) is 8.57. The van der Waals surface area contributed by atoms with Gasteiger partial charge in [-0.05, 0) is 37.6 Å². The van der Waals surface area contributed by atoms with Gasteiger partial charge in [0.2, 0.25) is 0 Å². The average Bonchev–Trinajstić information content (AvgIpc) is 2.95. The van der Waals surface area contributed by atoms with Crippen molar-refractivity contribution in [3.8, 4) is 0 Å². The Bertz CT molecular complexity index is 828. The van der Waals surface area contributed by atoms with Crippen LogP contribution in [-0.2, 0) is 13.0 Å². The second kappa shape index (κ2) is 8.28. The lowest BCUT2D eigenvalue weighted by molar-refractivity contribution is 0.240. The summed E-state index contributed by atoms with van der Waals surface area (Å²) in [6, 6.07) is 13.8. The number of nitrogens with zero attached hydrogens (tertiary/aromatic N) is 3. The highest BCUT2D eigenvalue weighted by Gasteiger charge is 2.06.